The Balaban J connectivity index is 1.63. The molecule has 128 valence electrons. The fourth-order valence-corrected chi connectivity index (χ4v) is 3.77. The first-order valence-electron chi connectivity index (χ1n) is 8.15. The molecule has 1 aliphatic carbocycles. The maximum absolute atomic E-state index is 13.8. The summed E-state index contributed by atoms with van der Waals surface area (Å²) < 4.78 is 13.8. The lowest BCUT2D eigenvalue weighted by Gasteiger charge is -2.08. The summed E-state index contributed by atoms with van der Waals surface area (Å²) in [6.07, 6.45) is 3.56. The number of aromatic nitrogens is 2. The molecule has 0 aliphatic heterocycles. The molecule has 0 bridgehead atoms. The molecule has 0 unspecified atom stereocenters. The van der Waals surface area contributed by atoms with Gasteiger partial charge in [-0.1, -0.05) is 18.2 Å². The first-order valence-corrected chi connectivity index (χ1v) is 8.97. The number of thiophene rings is 1. The van der Waals surface area contributed by atoms with E-state index in [0.717, 1.165) is 28.6 Å². The number of rotatable bonds is 5. The summed E-state index contributed by atoms with van der Waals surface area (Å²) in [7, 11) is 0. The minimum atomic E-state index is -0.258. The molecule has 0 saturated heterocycles. The standard InChI is InChI=1S/C18H17FN4OS/c1-10-14-16(20-8-11-4-2-3-5-13(11)19)21-9-22-18(14)25-15(10)17(24)23-12-6-7-12/h2-5,9,12H,6-8H2,1H3,(H,23,24)(H,20,21,22). The van der Waals surface area contributed by atoms with Crippen molar-refractivity contribution in [2.45, 2.75) is 32.4 Å². The molecule has 0 atom stereocenters. The van der Waals surface area contributed by atoms with Gasteiger partial charge in [-0.3, -0.25) is 4.79 Å². The van der Waals surface area contributed by atoms with E-state index in [1.165, 1.54) is 23.7 Å². The van der Waals surface area contributed by atoms with Crippen LogP contribution in [0.15, 0.2) is 30.6 Å². The molecule has 1 saturated carbocycles. The van der Waals surface area contributed by atoms with Gasteiger partial charge < -0.3 is 10.6 Å². The molecule has 2 heterocycles. The Hall–Kier alpha value is -2.54. The Bertz CT molecular complexity index is 951. The summed E-state index contributed by atoms with van der Waals surface area (Å²) in [5.74, 6) is 0.308. The third-order valence-corrected chi connectivity index (χ3v) is 5.45. The molecule has 7 heteroatoms. The van der Waals surface area contributed by atoms with E-state index in [9.17, 15) is 9.18 Å². The SMILES string of the molecule is Cc1c(C(=O)NC2CC2)sc2ncnc(NCc3ccccc3F)c12. The molecule has 2 N–H and O–H groups in total. The van der Waals surface area contributed by atoms with Gasteiger partial charge in [-0.2, -0.15) is 0 Å². The highest BCUT2D eigenvalue weighted by Gasteiger charge is 2.26. The number of anilines is 1. The summed E-state index contributed by atoms with van der Waals surface area (Å²) in [6.45, 7) is 2.22. The van der Waals surface area contributed by atoms with Crippen molar-refractivity contribution >= 4 is 33.3 Å². The molecule has 5 nitrogen and oxygen atoms in total. The molecule has 0 radical (unpaired) electrons. The molecule has 1 aliphatic rings. The molecule has 2 aromatic heterocycles. The number of hydrogen-bond donors (Lipinski definition) is 2. The number of fused-ring (bicyclic) bond motifs is 1. The fourth-order valence-electron chi connectivity index (χ4n) is 2.72. The first kappa shape index (κ1) is 16.0. The quantitative estimate of drug-likeness (QED) is 0.732. The molecular formula is C18H17FN4OS. The average molecular weight is 356 g/mol. The highest BCUT2D eigenvalue weighted by atomic mass is 32.1. The Morgan fingerprint density at radius 1 is 1.32 bits per heavy atom. The monoisotopic (exact) mass is 356 g/mol. The van der Waals surface area contributed by atoms with Crippen molar-refractivity contribution < 1.29 is 9.18 Å². The topological polar surface area (TPSA) is 66.9 Å². The van der Waals surface area contributed by atoms with Gasteiger partial charge in [0, 0.05) is 18.2 Å². The van der Waals surface area contributed by atoms with Crippen LogP contribution in [0, 0.1) is 12.7 Å². The average Bonchev–Trinajstić information content (AvgIpc) is 3.35. The van der Waals surface area contributed by atoms with Crippen molar-refractivity contribution in [2.75, 3.05) is 5.32 Å². The summed E-state index contributed by atoms with van der Waals surface area (Å²) in [6, 6.07) is 6.93. The molecule has 1 fully saturated rings. The zero-order valence-electron chi connectivity index (χ0n) is 13.7. The largest absolute Gasteiger partial charge is 0.365 e. The van der Waals surface area contributed by atoms with E-state index in [0.29, 0.717) is 28.8 Å². The molecule has 1 aromatic carbocycles. The molecule has 3 aromatic rings. The van der Waals surface area contributed by atoms with E-state index in [4.69, 9.17) is 0 Å². The lowest BCUT2D eigenvalue weighted by Crippen LogP contribution is -2.24. The summed E-state index contributed by atoms with van der Waals surface area (Å²) in [4.78, 5) is 22.4. The number of halogens is 1. The van der Waals surface area contributed by atoms with E-state index in [1.807, 2.05) is 6.92 Å². The number of carbonyl (C=O) groups is 1. The Labute approximate surface area is 148 Å². The van der Waals surface area contributed by atoms with Crippen molar-refractivity contribution in [2.24, 2.45) is 0 Å². The second-order valence-corrected chi connectivity index (χ2v) is 7.15. The number of nitrogens with zero attached hydrogens (tertiary/aromatic N) is 2. The highest BCUT2D eigenvalue weighted by molar-refractivity contribution is 7.20. The minimum Gasteiger partial charge on any atom is -0.365 e. The van der Waals surface area contributed by atoms with Crippen LogP contribution in [0.1, 0.15) is 33.6 Å². The predicted octanol–water partition coefficient (Wildman–Crippen LogP) is 3.64. The molecule has 25 heavy (non-hydrogen) atoms. The van der Waals surface area contributed by atoms with Gasteiger partial charge in [0.1, 0.15) is 22.8 Å². The summed E-state index contributed by atoms with van der Waals surface area (Å²) >= 11 is 1.36. The van der Waals surface area contributed by atoms with Crippen LogP contribution in [-0.4, -0.2) is 21.9 Å². The van der Waals surface area contributed by atoms with Gasteiger partial charge in [0.2, 0.25) is 0 Å². The summed E-state index contributed by atoms with van der Waals surface area (Å²) in [5.41, 5.74) is 1.42. The van der Waals surface area contributed by atoms with Crippen LogP contribution >= 0.6 is 11.3 Å². The number of aryl methyl sites for hydroxylation is 1. The van der Waals surface area contributed by atoms with Gasteiger partial charge in [-0.05, 0) is 31.4 Å². The lowest BCUT2D eigenvalue weighted by molar-refractivity contribution is 0.0954. The van der Waals surface area contributed by atoms with Gasteiger partial charge in [0.25, 0.3) is 5.91 Å². The van der Waals surface area contributed by atoms with Gasteiger partial charge in [0.05, 0.1) is 10.3 Å². The van der Waals surface area contributed by atoms with Crippen LogP contribution in [-0.2, 0) is 6.54 Å². The van der Waals surface area contributed by atoms with Gasteiger partial charge >= 0.3 is 0 Å². The Kier molecular flexibility index (Phi) is 4.09. The van der Waals surface area contributed by atoms with Gasteiger partial charge in [0.15, 0.2) is 0 Å². The second-order valence-electron chi connectivity index (χ2n) is 6.15. The molecule has 4 rings (SSSR count). The van der Waals surface area contributed by atoms with Crippen LogP contribution in [0.3, 0.4) is 0 Å². The van der Waals surface area contributed by atoms with E-state index in [1.54, 1.807) is 18.2 Å². The van der Waals surface area contributed by atoms with E-state index < -0.39 is 0 Å². The normalized spacial score (nSPS) is 13.8. The molecular weight excluding hydrogens is 339 g/mol. The van der Waals surface area contributed by atoms with Crippen LogP contribution in [0.25, 0.3) is 10.2 Å². The van der Waals surface area contributed by atoms with Crippen molar-refractivity contribution in [3.63, 3.8) is 0 Å². The third-order valence-electron chi connectivity index (χ3n) is 4.25. The Morgan fingerprint density at radius 3 is 2.88 bits per heavy atom. The maximum Gasteiger partial charge on any atom is 0.261 e. The minimum absolute atomic E-state index is 0.0527. The van der Waals surface area contributed by atoms with Crippen LogP contribution in [0.5, 0.6) is 0 Å². The Morgan fingerprint density at radius 2 is 2.12 bits per heavy atom. The van der Waals surface area contributed by atoms with Crippen LogP contribution < -0.4 is 10.6 Å². The number of carbonyl (C=O) groups excluding carboxylic acids is 1. The van der Waals surface area contributed by atoms with Gasteiger partial charge in [-0.15, -0.1) is 11.3 Å². The fraction of sp³-hybridized carbons (Fsp3) is 0.278. The van der Waals surface area contributed by atoms with E-state index in [2.05, 4.69) is 20.6 Å². The van der Waals surface area contributed by atoms with E-state index >= 15 is 0 Å². The smallest absolute Gasteiger partial charge is 0.261 e. The zero-order chi connectivity index (χ0) is 17.4. The zero-order valence-corrected chi connectivity index (χ0v) is 14.5. The lowest BCUT2D eigenvalue weighted by atomic mass is 10.2. The van der Waals surface area contributed by atoms with Crippen LogP contribution in [0.2, 0.25) is 0 Å². The summed E-state index contributed by atoms with van der Waals surface area (Å²) in [5, 5.41) is 7.01. The number of nitrogens with one attached hydrogen (secondary N) is 2. The molecule has 0 spiro atoms. The maximum atomic E-state index is 13.8. The van der Waals surface area contributed by atoms with Gasteiger partial charge in [-0.25, -0.2) is 14.4 Å². The molecule has 1 amide bonds. The van der Waals surface area contributed by atoms with Crippen LogP contribution in [0.4, 0.5) is 10.2 Å². The number of hydrogen-bond acceptors (Lipinski definition) is 5. The first-order chi connectivity index (χ1) is 12.1. The third kappa shape index (κ3) is 3.19. The van der Waals surface area contributed by atoms with Crippen molar-refractivity contribution in [3.05, 3.63) is 52.4 Å². The van der Waals surface area contributed by atoms with Crippen molar-refractivity contribution in [1.29, 1.82) is 0 Å². The van der Waals surface area contributed by atoms with Crippen molar-refractivity contribution in [3.8, 4) is 0 Å². The predicted molar refractivity (Wildman–Crippen MR) is 96.4 cm³/mol. The van der Waals surface area contributed by atoms with E-state index in [-0.39, 0.29) is 11.7 Å². The number of amides is 1. The van der Waals surface area contributed by atoms with Crippen molar-refractivity contribution in [1.82, 2.24) is 15.3 Å². The second kappa shape index (κ2) is 6.40. The number of benzene rings is 1. The highest BCUT2D eigenvalue weighted by Crippen LogP contribution is 2.34.